The number of nitriles is 1. The van der Waals surface area contributed by atoms with E-state index in [0.29, 0.717) is 18.7 Å². The molecule has 0 unspecified atom stereocenters. The van der Waals surface area contributed by atoms with Crippen LogP contribution < -0.4 is 10.6 Å². The number of urea groups is 1. The van der Waals surface area contributed by atoms with Crippen LogP contribution in [-0.2, 0) is 6.54 Å². The molecule has 0 saturated heterocycles. The summed E-state index contributed by atoms with van der Waals surface area (Å²) >= 11 is 5.02. The average molecular weight is 498 g/mol. The van der Waals surface area contributed by atoms with Gasteiger partial charge in [0.1, 0.15) is 21.8 Å². The first-order chi connectivity index (χ1) is 16.2. The zero-order valence-corrected chi connectivity index (χ0v) is 21.2. The number of unbranched alkanes of at least 4 members (excludes halogenated alkanes) is 1. The molecule has 0 radical (unpaired) electrons. The minimum atomic E-state index is -0.186. The van der Waals surface area contributed by atoms with Crippen molar-refractivity contribution in [2.45, 2.75) is 38.3 Å². The fraction of sp³-hybridized carbons (Fsp3) is 0.333. The molecule has 2 amide bonds. The maximum absolute atomic E-state index is 11.6. The van der Waals surface area contributed by atoms with Crippen molar-refractivity contribution in [1.82, 2.24) is 20.6 Å². The van der Waals surface area contributed by atoms with E-state index in [9.17, 15) is 10.1 Å². The van der Waals surface area contributed by atoms with E-state index in [0.717, 1.165) is 43.3 Å². The minimum absolute atomic E-state index is 0.186. The van der Waals surface area contributed by atoms with Gasteiger partial charge in [0, 0.05) is 35.3 Å². The standard InChI is InChI=1S/C24H27N5OS3/c1-3-5-11-31-16-33-22-20(14-25)19(13-21(29-22)23-27-10-12-32-23)18-8-6-17(7-9-18)15-28-24(30)26-4-2/h6-10,12-13H,3-5,11,15-16H2,1-2H3,(H2,26,28,30). The van der Waals surface area contributed by atoms with Gasteiger partial charge in [-0.15, -0.1) is 11.3 Å². The van der Waals surface area contributed by atoms with Crippen molar-refractivity contribution >= 4 is 40.9 Å². The molecule has 33 heavy (non-hydrogen) atoms. The summed E-state index contributed by atoms with van der Waals surface area (Å²) in [6.07, 6.45) is 4.14. The Morgan fingerprint density at radius 3 is 2.70 bits per heavy atom. The van der Waals surface area contributed by atoms with Crippen LogP contribution in [0.3, 0.4) is 0 Å². The van der Waals surface area contributed by atoms with Gasteiger partial charge in [0.25, 0.3) is 0 Å². The number of benzene rings is 1. The summed E-state index contributed by atoms with van der Waals surface area (Å²) in [5.41, 5.74) is 4.14. The van der Waals surface area contributed by atoms with Gasteiger partial charge in [-0.05, 0) is 36.3 Å². The quantitative estimate of drug-likeness (QED) is 0.188. The van der Waals surface area contributed by atoms with E-state index in [1.54, 1.807) is 18.0 Å². The second-order valence-corrected chi connectivity index (χ2v) is 10.4. The lowest BCUT2D eigenvalue weighted by Gasteiger charge is -2.12. The van der Waals surface area contributed by atoms with Crippen LogP contribution >= 0.6 is 34.9 Å². The monoisotopic (exact) mass is 497 g/mol. The third-order valence-corrected chi connectivity index (χ3v) is 7.81. The Balaban J connectivity index is 1.88. The molecule has 0 atom stereocenters. The molecule has 3 rings (SSSR count). The second-order valence-electron chi connectivity index (χ2n) is 7.12. The maximum Gasteiger partial charge on any atom is 0.315 e. The molecule has 0 aliphatic heterocycles. The van der Waals surface area contributed by atoms with Gasteiger partial charge in [-0.2, -0.15) is 17.0 Å². The first kappa shape index (κ1) is 25.1. The van der Waals surface area contributed by atoms with Crippen LogP contribution in [0.1, 0.15) is 37.8 Å². The number of carbonyl (C=O) groups excluding carboxylic acids is 1. The van der Waals surface area contributed by atoms with Gasteiger partial charge in [0.2, 0.25) is 0 Å². The molecule has 2 N–H and O–H groups in total. The number of carbonyl (C=O) groups is 1. The van der Waals surface area contributed by atoms with Crippen molar-refractivity contribution in [1.29, 1.82) is 5.26 Å². The summed E-state index contributed by atoms with van der Waals surface area (Å²) in [6.45, 7) is 5.09. The topological polar surface area (TPSA) is 90.7 Å². The molecule has 0 spiro atoms. The van der Waals surface area contributed by atoms with Crippen molar-refractivity contribution in [2.24, 2.45) is 0 Å². The Labute approximate surface area is 207 Å². The first-order valence-corrected chi connectivity index (χ1v) is 13.8. The van der Waals surface area contributed by atoms with E-state index >= 15 is 0 Å². The van der Waals surface area contributed by atoms with Gasteiger partial charge in [-0.3, -0.25) is 0 Å². The van der Waals surface area contributed by atoms with Crippen molar-refractivity contribution < 1.29 is 4.79 Å². The fourth-order valence-corrected chi connectivity index (χ4v) is 5.84. The van der Waals surface area contributed by atoms with Crippen LogP contribution in [0.25, 0.3) is 21.8 Å². The third kappa shape index (κ3) is 7.22. The van der Waals surface area contributed by atoms with Gasteiger partial charge in [-0.1, -0.05) is 49.4 Å². The number of hydrogen-bond donors (Lipinski definition) is 2. The van der Waals surface area contributed by atoms with Crippen molar-refractivity contribution in [3.8, 4) is 27.9 Å². The highest BCUT2D eigenvalue weighted by Gasteiger charge is 2.17. The van der Waals surface area contributed by atoms with Crippen LogP contribution in [0, 0.1) is 11.3 Å². The maximum atomic E-state index is 11.6. The molecule has 1 aromatic carbocycles. The molecular weight excluding hydrogens is 470 g/mol. The van der Waals surface area contributed by atoms with Gasteiger partial charge in [0.15, 0.2) is 0 Å². The highest BCUT2D eigenvalue weighted by atomic mass is 32.2. The number of rotatable bonds is 11. The number of nitrogens with zero attached hydrogens (tertiary/aromatic N) is 3. The van der Waals surface area contributed by atoms with Crippen LogP contribution in [0.15, 0.2) is 46.9 Å². The number of nitrogens with one attached hydrogen (secondary N) is 2. The number of thioether (sulfide) groups is 2. The van der Waals surface area contributed by atoms with Crippen molar-refractivity contribution in [2.75, 3.05) is 17.4 Å². The van der Waals surface area contributed by atoms with Crippen LogP contribution in [0.5, 0.6) is 0 Å². The van der Waals surface area contributed by atoms with E-state index in [1.165, 1.54) is 24.2 Å². The Hall–Kier alpha value is -2.54. The lowest BCUT2D eigenvalue weighted by molar-refractivity contribution is 0.241. The SMILES string of the molecule is CCCCSCSc1nc(-c2nccs2)cc(-c2ccc(CNC(=O)NCC)cc2)c1C#N. The van der Waals surface area contributed by atoms with E-state index < -0.39 is 0 Å². The number of amides is 2. The Kier molecular flexibility index (Phi) is 10.1. The molecule has 0 aliphatic carbocycles. The molecule has 2 aromatic heterocycles. The van der Waals surface area contributed by atoms with Gasteiger partial charge >= 0.3 is 6.03 Å². The third-order valence-electron chi connectivity index (χ3n) is 4.73. The molecule has 9 heteroatoms. The molecule has 0 saturated carbocycles. The summed E-state index contributed by atoms with van der Waals surface area (Å²) in [6, 6.07) is 12.1. The molecule has 172 valence electrons. The first-order valence-electron chi connectivity index (χ1n) is 10.8. The minimum Gasteiger partial charge on any atom is -0.338 e. The number of pyridine rings is 1. The zero-order valence-electron chi connectivity index (χ0n) is 18.8. The predicted octanol–water partition coefficient (Wildman–Crippen LogP) is 6.15. The molecule has 0 bridgehead atoms. The Bertz CT molecular complexity index is 1080. The normalized spacial score (nSPS) is 10.6. The van der Waals surface area contributed by atoms with E-state index in [-0.39, 0.29) is 6.03 Å². The van der Waals surface area contributed by atoms with Crippen molar-refractivity contribution in [3.05, 3.63) is 53.0 Å². The highest BCUT2D eigenvalue weighted by molar-refractivity contribution is 8.16. The Morgan fingerprint density at radius 2 is 2.03 bits per heavy atom. The molecule has 0 aliphatic rings. The van der Waals surface area contributed by atoms with Gasteiger partial charge < -0.3 is 10.6 Å². The average Bonchev–Trinajstić information content (AvgIpc) is 3.38. The summed E-state index contributed by atoms with van der Waals surface area (Å²) in [5.74, 6) is 1.11. The van der Waals surface area contributed by atoms with E-state index in [1.807, 2.05) is 54.4 Å². The second kappa shape index (κ2) is 13.2. The van der Waals surface area contributed by atoms with Gasteiger partial charge in [0.05, 0.1) is 5.56 Å². The molecule has 6 nitrogen and oxygen atoms in total. The molecule has 0 fully saturated rings. The highest BCUT2D eigenvalue weighted by Crippen LogP contribution is 2.35. The number of hydrogen-bond acceptors (Lipinski definition) is 7. The fourth-order valence-electron chi connectivity index (χ4n) is 3.03. The van der Waals surface area contributed by atoms with Crippen LogP contribution in [-0.4, -0.2) is 33.4 Å². The zero-order chi connectivity index (χ0) is 23.5. The molecule has 3 aromatic rings. The molecule has 2 heterocycles. The summed E-state index contributed by atoms with van der Waals surface area (Å²) < 4.78 is 0. The number of aromatic nitrogens is 2. The lowest BCUT2D eigenvalue weighted by atomic mass is 10.00. The van der Waals surface area contributed by atoms with E-state index in [2.05, 4.69) is 28.6 Å². The van der Waals surface area contributed by atoms with Crippen molar-refractivity contribution in [3.63, 3.8) is 0 Å². The molecular formula is C24H27N5OS3. The largest absolute Gasteiger partial charge is 0.338 e. The number of thiazole rings is 1. The van der Waals surface area contributed by atoms with Crippen LogP contribution in [0.4, 0.5) is 4.79 Å². The van der Waals surface area contributed by atoms with Gasteiger partial charge in [-0.25, -0.2) is 14.8 Å². The summed E-state index contributed by atoms with van der Waals surface area (Å²) in [4.78, 5) is 20.9. The summed E-state index contributed by atoms with van der Waals surface area (Å²) in [5, 5.41) is 19.9. The smallest absolute Gasteiger partial charge is 0.315 e. The van der Waals surface area contributed by atoms with E-state index in [4.69, 9.17) is 4.98 Å². The van der Waals surface area contributed by atoms with Crippen LogP contribution in [0.2, 0.25) is 0 Å². The predicted molar refractivity (Wildman–Crippen MR) is 139 cm³/mol. The Morgan fingerprint density at radius 1 is 1.21 bits per heavy atom. The lowest BCUT2D eigenvalue weighted by Crippen LogP contribution is -2.34. The summed E-state index contributed by atoms with van der Waals surface area (Å²) in [7, 11) is 0.